The molecule has 0 unspecified atom stereocenters. The van der Waals surface area contributed by atoms with Crippen molar-refractivity contribution in [2.75, 3.05) is 25.5 Å². The first-order valence-electron chi connectivity index (χ1n) is 9.88. The molecule has 0 saturated carbocycles. The summed E-state index contributed by atoms with van der Waals surface area (Å²) in [7, 11) is 1.57. The molecule has 1 N–H and O–H groups in total. The Kier molecular flexibility index (Phi) is 6.22. The van der Waals surface area contributed by atoms with Gasteiger partial charge in [-0.05, 0) is 43.2 Å². The highest BCUT2D eigenvalue weighted by Gasteiger charge is 2.28. The molecule has 1 fully saturated rings. The molecule has 160 valence electrons. The van der Waals surface area contributed by atoms with Gasteiger partial charge in [0.05, 0.1) is 12.8 Å². The molecule has 0 spiro atoms. The molecule has 0 bridgehead atoms. The van der Waals surface area contributed by atoms with Gasteiger partial charge in [0.2, 0.25) is 5.01 Å². The fourth-order valence-corrected chi connectivity index (χ4v) is 4.41. The smallest absolute Gasteiger partial charge is 0.286 e. The summed E-state index contributed by atoms with van der Waals surface area (Å²) in [5, 5.41) is 11.6. The van der Waals surface area contributed by atoms with Gasteiger partial charge in [0, 0.05) is 24.6 Å². The molecule has 2 aromatic carbocycles. The van der Waals surface area contributed by atoms with Crippen LogP contribution in [-0.2, 0) is 0 Å². The van der Waals surface area contributed by atoms with Crippen LogP contribution in [0.2, 0.25) is 0 Å². The first-order chi connectivity index (χ1) is 15.0. The number of para-hydroxylation sites is 1. The number of likely N-dealkylation sites (tertiary alicyclic amines) is 1. The standard InChI is InChI=1S/C22H21FN4O3S/c1-30-16-6-4-5-15(13-16)22(29)27-11-9-14(10-12-27)20-25-26-21(31-20)19(28)24-18-8-3-2-7-17(18)23/h2-8,13-14H,9-12H2,1H3,(H,24,28). The molecule has 4 rings (SSSR count). The number of anilines is 1. The average Bonchev–Trinajstić information content (AvgIpc) is 3.31. The van der Waals surface area contributed by atoms with Gasteiger partial charge in [0.1, 0.15) is 16.6 Å². The van der Waals surface area contributed by atoms with Crippen LogP contribution in [0.1, 0.15) is 43.9 Å². The number of amides is 2. The zero-order valence-electron chi connectivity index (χ0n) is 16.9. The van der Waals surface area contributed by atoms with E-state index >= 15 is 0 Å². The molecule has 0 atom stereocenters. The van der Waals surface area contributed by atoms with Crippen molar-refractivity contribution in [2.24, 2.45) is 0 Å². The zero-order valence-corrected chi connectivity index (χ0v) is 17.7. The maximum absolute atomic E-state index is 13.7. The van der Waals surface area contributed by atoms with E-state index in [1.807, 2.05) is 4.90 Å². The van der Waals surface area contributed by atoms with Crippen LogP contribution in [-0.4, -0.2) is 47.1 Å². The van der Waals surface area contributed by atoms with Crippen molar-refractivity contribution in [1.82, 2.24) is 15.1 Å². The third kappa shape index (κ3) is 4.72. The van der Waals surface area contributed by atoms with E-state index in [-0.39, 0.29) is 22.5 Å². The number of nitrogens with one attached hydrogen (secondary N) is 1. The van der Waals surface area contributed by atoms with Crippen molar-refractivity contribution < 1.29 is 18.7 Å². The second-order valence-corrected chi connectivity index (χ2v) is 8.19. The van der Waals surface area contributed by atoms with E-state index in [0.29, 0.717) is 24.4 Å². The number of hydrogen-bond acceptors (Lipinski definition) is 6. The lowest BCUT2D eigenvalue weighted by atomic mass is 9.97. The highest BCUT2D eigenvalue weighted by atomic mass is 32.1. The van der Waals surface area contributed by atoms with Crippen LogP contribution in [0.3, 0.4) is 0 Å². The molecular weight excluding hydrogens is 419 g/mol. The van der Waals surface area contributed by atoms with E-state index in [9.17, 15) is 14.0 Å². The summed E-state index contributed by atoms with van der Waals surface area (Å²) >= 11 is 1.21. The topological polar surface area (TPSA) is 84.4 Å². The molecule has 2 heterocycles. The Hall–Kier alpha value is -3.33. The number of hydrogen-bond donors (Lipinski definition) is 1. The van der Waals surface area contributed by atoms with E-state index in [4.69, 9.17) is 4.74 Å². The summed E-state index contributed by atoms with van der Waals surface area (Å²) in [6, 6.07) is 13.1. The molecule has 9 heteroatoms. The molecule has 1 aliphatic rings. The summed E-state index contributed by atoms with van der Waals surface area (Å²) in [4.78, 5) is 27.0. The van der Waals surface area contributed by atoms with Gasteiger partial charge >= 0.3 is 0 Å². The van der Waals surface area contributed by atoms with E-state index in [1.165, 1.54) is 23.5 Å². The SMILES string of the molecule is COc1cccc(C(=O)N2CCC(c3nnc(C(=O)Nc4ccccc4F)s3)CC2)c1. The molecule has 0 radical (unpaired) electrons. The molecule has 1 saturated heterocycles. The van der Waals surface area contributed by atoms with Crippen LogP contribution in [0.5, 0.6) is 5.75 Å². The van der Waals surface area contributed by atoms with Crippen LogP contribution >= 0.6 is 11.3 Å². The third-order valence-corrected chi connectivity index (χ3v) is 6.29. The normalized spacial score (nSPS) is 14.3. The fourth-order valence-electron chi connectivity index (χ4n) is 3.50. The lowest BCUT2D eigenvalue weighted by Gasteiger charge is -2.31. The Morgan fingerprint density at radius 1 is 1.13 bits per heavy atom. The Labute approximate surface area is 182 Å². The van der Waals surface area contributed by atoms with Crippen molar-refractivity contribution in [3.63, 3.8) is 0 Å². The molecular formula is C22H21FN4O3S. The van der Waals surface area contributed by atoms with E-state index in [1.54, 1.807) is 43.5 Å². The molecule has 1 aromatic heterocycles. The van der Waals surface area contributed by atoms with Gasteiger partial charge in [-0.2, -0.15) is 0 Å². The summed E-state index contributed by atoms with van der Waals surface area (Å²) in [5.74, 6) is -0.245. The molecule has 2 amide bonds. The molecule has 0 aliphatic carbocycles. The predicted octanol–water partition coefficient (Wildman–Crippen LogP) is 3.96. The van der Waals surface area contributed by atoms with Crippen LogP contribution in [0.25, 0.3) is 0 Å². The van der Waals surface area contributed by atoms with Crippen molar-refractivity contribution in [1.29, 1.82) is 0 Å². The summed E-state index contributed by atoms with van der Waals surface area (Å²) < 4.78 is 18.9. The summed E-state index contributed by atoms with van der Waals surface area (Å²) in [5.41, 5.74) is 0.703. The van der Waals surface area contributed by atoms with E-state index in [2.05, 4.69) is 15.5 Å². The average molecular weight is 441 g/mol. The van der Waals surface area contributed by atoms with Crippen LogP contribution in [0.4, 0.5) is 10.1 Å². The van der Waals surface area contributed by atoms with E-state index < -0.39 is 11.7 Å². The van der Waals surface area contributed by atoms with Crippen molar-refractivity contribution >= 4 is 28.8 Å². The Morgan fingerprint density at radius 2 is 1.90 bits per heavy atom. The number of aromatic nitrogens is 2. The van der Waals surface area contributed by atoms with Crippen molar-refractivity contribution in [3.05, 3.63) is 69.9 Å². The number of methoxy groups -OCH3 is 1. The highest BCUT2D eigenvalue weighted by Crippen LogP contribution is 2.31. The minimum Gasteiger partial charge on any atom is -0.497 e. The number of rotatable bonds is 5. The Balaban J connectivity index is 1.36. The third-order valence-electron chi connectivity index (χ3n) is 5.21. The maximum Gasteiger partial charge on any atom is 0.286 e. The Morgan fingerprint density at radius 3 is 2.65 bits per heavy atom. The van der Waals surface area contributed by atoms with Crippen molar-refractivity contribution in [2.45, 2.75) is 18.8 Å². The fraction of sp³-hybridized carbons (Fsp3) is 0.273. The van der Waals surface area contributed by atoms with Gasteiger partial charge in [0.25, 0.3) is 11.8 Å². The lowest BCUT2D eigenvalue weighted by Crippen LogP contribution is -2.37. The lowest BCUT2D eigenvalue weighted by molar-refractivity contribution is 0.0712. The first kappa shape index (κ1) is 20.9. The zero-order chi connectivity index (χ0) is 21.8. The number of piperidine rings is 1. The minimum atomic E-state index is -0.506. The monoisotopic (exact) mass is 440 g/mol. The molecule has 3 aromatic rings. The summed E-state index contributed by atoms with van der Waals surface area (Å²) in [6.45, 7) is 1.19. The van der Waals surface area contributed by atoms with Gasteiger partial charge in [0.15, 0.2) is 0 Å². The van der Waals surface area contributed by atoms with Crippen LogP contribution < -0.4 is 10.1 Å². The number of ether oxygens (including phenoxy) is 1. The Bertz CT molecular complexity index is 1100. The van der Waals surface area contributed by atoms with Gasteiger partial charge in [-0.15, -0.1) is 10.2 Å². The molecule has 1 aliphatic heterocycles. The number of nitrogens with zero attached hydrogens (tertiary/aromatic N) is 3. The number of carbonyl (C=O) groups excluding carboxylic acids is 2. The number of carbonyl (C=O) groups is 2. The predicted molar refractivity (Wildman–Crippen MR) is 115 cm³/mol. The van der Waals surface area contributed by atoms with Gasteiger partial charge in [-0.1, -0.05) is 29.5 Å². The molecule has 7 nitrogen and oxygen atoms in total. The van der Waals surface area contributed by atoms with E-state index in [0.717, 1.165) is 17.8 Å². The van der Waals surface area contributed by atoms with Crippen LogP contribution in [0.15, 0.2) is 48.5 Å². The number of halogens is 1. The minimum absolute atomic E-state index is 0.0282. The number of benzene rings is 2. The van der Waals surface area contributed by atoms with Gasteiger partial charge in [-0.3, -0.25) is 9.59 Å². The largest absolute Gasteiger partial charge is 0.497 e. The second kappa shape index (κ2) is 9.22. The van der Waals surface area contributed by atoms with Gasteiger partial charge in [-0.25, -0.2) is 4.39 Å². The summed E-state index contributed by atoms with van der Waals surface area (Å²) in [6.07, 6.45) is 1.47. The van der Waals surface area contributed by atoms with Crippen molar-refractivity contribution in [3.8, 4) is 5.75 Å². The van der Waals surface area contributed by atoms with Gasteiger partial charge < -0.3 is 15.0 Å². The quantitative estimate of drug-likeness (QED) is 0.649. The second-order valence-electron chi connectivity index (χ2n) is 7.18. The highest BCUT2D eigenvalue weighted by molar-refractivity contribution is 7.13. The maximum atomic E-state index is 13.7. The van der Waals surface area contributed by atoms with Crippen LogP contribution in [0, 0.1) is 5.82 Å². The molecule has 31 heavy (non-hydrogen) atoms. The first-order valence-corrected chi connectivity index (χ1v) is 10.7.